The van der Waals surface area contributed by atoms with E-state index in [1.165, 1.54) is 64.5 Å². The van der Waals surface area contributed by atoms with Crippen molar-refractivity contribution in [1.29, 1.82) is 0 Å². The molecule has 3 rings (SSSR count). The van der Waals surface area contributed by atoms with Crippen LogP contribution in [0.25, 0.3) is 0 Å². The molecule has 0 bridgehead atoms. The van der Waals surface area contributed by atoms with Gasteiger partial charge in [-0.1, -0.05) is 26.2 Å². The fourth-order valence-corrected chi connectivity index (χ4v) is 5.03. The van der Waals surface area contributed by atoms with Gasteiger partial charge in [-0.2, -0.15) is 0 Å². The Balaban J connectivity index is 1.49. The molecule has 2 aliphatic heterocycles. The van der Waals surface area contributed by atoms with Gasteiger partial charge in [-0.15, -0.1) is 0 Å². The van der Waals surface area contributed by atoms with E-state index < -0.39 is 0 Å². The fraction of sp³-hybridized carbons (Fsp3) is 0.950. The number of carbonyl (C=O) groups excluding carboxylic acids is 1. The molecule has 1 amide bonds. The van der Waals surface area contributed by atoms with Crippen LogP contribution >= 0.6 is 0 Å². The number of hydrogen-bond acceptors (Lipinski definition) is 3. The van der Waals surface area contributed by atoms with Gasteiger partial charge in [0, 0.05) is 25.2 Å². The maximum absolute atomic E-state index is 12.8. The van der Waals surface area contributed by atoms with Crippen molar-refractivity contribution < 1.29 is 4.79 Å². The predicted molar refractivity (Wildman–Crippen MR) is 99.0 cm³/mol. The summed E-state index contributed by atoms with van der Waals surface area (Å²) < 4.78 is 0. The number of carbonyl (C=O) groups is 1. The molecule has 3 aliphatic rings. The largest absolute Gasteiger partial charge is 0.353 e. The van der Waals surface area contributed by atoms with Crippen molar-refractivity contribution in [2.24, 2.45) is 5.92 Å². The summed E-state index contributed by atoms with van der Waals surface area (Å²) in [6, 6.07) is 1.26. The first-order chi connectivity index (χ1) is 11.6. The summed E-state index contributed by atoms with van der Waals surface area (Å²) in [7, 11) is 0. The van der Waals surface area contributed by atoms with E-state index in [2.05, 4.69) is 29.0 Å². The summed E-state index contributed by atoms with van der Waals surface area (Å²) in [5.74, 6) is 1.09. The highest BCUT2D eigenvalue weighted by molar-refractivity contribution is 5.81. The van der Waals surface area contributed by atoms with Gasteiger partial charge in [0.1, 0.15) is 0 Å². The SMILES string of the molecule is C[C@@H]1CCCN([C@@H](C)CNC(=O)[C@H]2CCCCN2C2CCCC2)C1. The van der Waals surface area contributed by atoms with E-state index in [0.717, 1.165) is 25.4 Å². The second-order valence-electron chi connectivity index (χ2n) is 8.52. The molecule has 24 heavy (non-hydrogen) atoms. The fourth-order valence-electron chi connectivity index (χ4n) is 5.03. The van der Waals surface area contributed by atoms with Gasteiger partial charge in [-0.05, 0) is 64.5 Å². The molecule has 1 N–H and O–H groups in total. The summed E-state index contributed by atoms with van der Waals surface area (Å²) in [6.07, 6.45) is 11.5. The first-order valence-corrected chi connectivity index (χ1v) is 10.4. The van der Waals surface area contributed by atoms with E-state index in [1.54, 1.807) is 0 Å². The van der Waals surface area contributed by atoms with Gasteiger partial charge >= 0.3 is 0 Å². The molecule has 3 fully saturated rings. The van der Waals surface area contributed by atoms with Crippen LogP contribution in [0.2, 0.25) is 0 Å². The molecule has 4 heteroatoms. The van der Waals surface area contributed by atoms with Gasteiger partial charge < -0.3 is 5.32 Å². The third-order valence-electron chi connectivity index (χ3n) is 6.52. The molecule has 1 saturated carbocycles. The standard InChI is InChI=1S/C20H37N3O/c1-16-8-7-12-22(15-16)17(2)14-21-20(24)19-11-5-6-13-23(19)18-9-3-4-10-18/h16-19H,3-15H2,1-2H3,(H,21,24)/t16-,17+,19-/m1/s1. The minimum absolute atomic E-state index is 0.134. The lowest BCUT2D eigenvalue weighted by molar-refractivity contribution is -0.129. The predicted octanol–water partition coefficient (Wildman–Crippen LogP) is 3.02. The smallest absolute Gasteiger partial charge is 0.237 e. The average Bonchev–Trinajstić information content (AvgIpc) is 3.14. The number of nitrogens with one attached hydrogen (secondary N) is 1. The lowest BCUT2D eigenvalue weighted by Crippen LogP contribution is -2.54. The van der Waals surface area contributed by atoms with E-state index >= 15 is 0 Å². The van der Waals surface area contributed by atoms with Crippen molar-refractivity contribution in [2.75, 3.05) is 26.2 Å². The van der Waals surface area contributed by atoms with Gasteiger partial charge in [0.15, 0.2) is 0 Å². The van der Waals surface area contributed by atoms with Gasteiger partial charge in [0.05, 0.1) is 6.04 Å². The molecular formula is C20H37N3O. The number of hydrogen-bond donors (Lipinski definition) is 1. The summed E-state index contributed by atoms with van der Waals surface area (Å²) in [5, 5.41) is 3.30. The molecule has 1 aliphatic carbocycles. The highest BCUT2D eigenvalue weighted by Gasteiger charge is 2.34. The Kier molecular flexibility index (Phi) is 6.56. The molecule has 0 unspecified atom stereocenters. The lowest BCUT2D eigenvalue weighted by Gasteiger charge is -2.39. The first-order valence-electron chi connectivity index (χ1n) is 10.4. The van der Waals surface area contributed by atoms with Crippen molar-refractivity contribution in [1.82, 2.24) is 15.1 Å². The molecule has 2 heterocycles. The van der Waals surface area contributed by atoms with Crippen LogP contribution in [-0.2, 0) is 4.79 Å². The van der Waals surface area contributed by atoms with Crippen LogP contribution in [0.3, 0.4) is 0 Å². The zero-order valence-corrected chi connectivity index (χ0v) is 15.8. The van der Waals surface area contributed by atoms with Crippen LogP contribution in [0.4, 0.5) is 0 Å². The van der Waals surface area contributed by atoms with Crippen molar-refractivity contribution in [3.63, 3.8) is 0 Å². The number of amides is 1. The summed E-state index contributed by atoms with van der Waals surface area (Å²) in [4.78, 5) is 17.9. The topological polar surface area (TPSA) is 35.6 Å². The lowest BCUT2D eigenvalue weighted by atomic mass is 9.97. The Morgan fingerprint density at radius 1 is 1.04 bits per heavy atom. The Bertz CT molecular complexity index is 408. The van der Waals surface area contributed by atoms with Crippen LogP contribution in [0.1, 0.15) is 71.6 Å². The van der Waals surface area contributed by atoms with Gasteiger partial charge in [0.2, 0.25) is 5.91 Å². The second-order valence-corrected chi connectivity index (χ2v) is 8.52. The Morgan fingerprint density at radius 3 is 2.54 bits per heavy atom. The van der Waals surface area contributed by atoms with Crippen molar-refractivity contribution in [3.05, 3.63) is 0 Å². The van der Waals surface area contributed by atoms with Crippen LogP contribution < -0.4 is 5.32 Å². The minimum atomic E-state index is 0.134. The zero-order valence-electron chi connectivity index (χ0n) is 15.8. The molecule has 0 radical (unpaired) electrons. The molecule has 138 valence electrons. The average molecular weight is 336 g/mol. The Hall–Kier alpha value is -0.610. The quantitative estimate of drug-likeness (QED) is 0.839. The van der Waals surface area contributed by atoms with Gasteiger partial charge in [-0.25, -0.2) is 0 Å². The van der Waals surface area contributed by atoms with Crippen LogP contribution in [0.5, 0.6) is 0 Å². The molecular weight excluding hydrogens is 298 g/mol. The van der Waals surface area contributed by atoms with Gasteiger partial charge in [0.25, 0.3) is 0 Å². The number of nitrogens with zero attached hydrogens (tertiary/aromatic N) is 2. The monoisotopic (exact) mass is 335 g/mol. The summed E-state index contributed by atoms with van der Waals surface area (Å²) >= 11 is 0. The van der Waals surface area contributed by atoms with Crippen molar-refractivity contribution >= 4 is 5.91 Å². The zero-order chi connectivity index (χ0) is 16.9. The first kappa shape index (κ1) is 18.2. The Labute approximate surface area is 148 Å². The second kappa shape index (κ2) is 8.66. The van der Waals surface area contributed by atoms with Gasteiger partial charge in [-0.3, -0.25) is 14.6 Å². The minimum Gasteiger partial charge on any atom is -0.353 e. The molecule has 0 spiro atoms. The Morgan fingerprint density at radius 2 is 1.79 bits per heavy atom. The highest BCUT2D eigenvalue weighted by atomic mass is 16.2. The van der Waals surface area contributed by atoms with E-state index in [4.69, 9.17) is 0 Å². The molecule has 0 aromatic carbocycles. The van der Waals surface area contributed by atoms with E-state index in [0.29, 0.717) is 18.0 Å². The maximum Gasteiger partial charge on any atom is 0.237 e. The third-order valence-corrected chi connectivity index (χ3v) is 6.52. The molecule has 2 saturated heterocycles. The summed E-state index contributed by atoms with van der Waals surface area (Å²) in [6.45, 7) is 8.93. The highest BCUT2D eigenvalue weighted by Crippen LogP contribution is 2.29. The molecule has 0 aromatic rings. The number of rotatable bonds is 5. The van der Waals surface area contributed by atoms with E-state index in [9.17, 15) is 4.79 Å². The van der Waals surface area contributed by atoms with Crippen LogP contribution in [0, 0.1) is 5.92 Å². The molecule has 4 nitrogen and oxygen atoms in total. The van der Waals surface area contributed by atoms with E-state index in [-0.39, 0.29) is 6.04 Å². The number of likely N-dealkylation sites (tertiary alicyclic amines) is 2. The number of piperidine rings is 2. The van der Waals surface area contributed by atoms with Crippen molar-refractivity contribution in [2.45, 2.75) is 89.8 Å². The summed E-state index contributed by atoms with van der Waals surface area (Å²) in [5.41, 5.74) is 0. The third kappa shape index (κ3) is 4.51. The molecule has 3 atom stereocenters. The van der Waals surface area contributed by atoms with Crippen molar-refractivity contribution in [3.8, 4) is 0 Å². The van der Waals surface area contributed by atoms with Crippen LogP contribution in [-0.4, -0.2) is 60.0 Å². The van der Waals surface area contributed by atoms with Crippen LogP contribution in [0.15, 0.2) is 0 Å². The normalized spacial score (nSPS) is 31.9. The van der Waals surface area contributed by atoms with E-state index in [1.807, 2.05) is 0 Å². The molecule has 0 aromatic heterocycles. The maximum atomic E-state index is 12.8.